The molecule has 0 saturated carbocycles. The molecule has 0 atom stereocenters. The SMILES string of the molecule is CCNCCNC(=O)Cc1ncccc1C. The van der Waals surface area contributed by atoms with Gasteiger partial charge in [0.05, 0.1) is 12.1 Å². The molecular formula is C12H19N3O. The van der Waals surface area contributed by atoms with Crippen LogP contribution in [0.2, 0.25) is 0 Å². The molecule has 2 N–H and O–H groups in total. The molecule has 4 heteroatoms. The molecule has 1 heterocycles. The molecule has 0 saturated heterocycles. The van der Waals surface area contributed by atoms with E-state index in [2.05, 4.69) is 15.6 Å². The Balaban J connectivity index is 2.32. The summed E-state index contributed by atoms with van der Waals surface area (Å²) in [5, 5.41) is 6.00. The summed E-state index contributed by atoms with van der Waals surface area (Å²) in [6, 6.07) is 3.84. The van der Waals surface area contributed by atoms with Gasteiger partial charge < -0.3 is 10.6 Å². The van der Waals surface area contributed by atoms with E-state index in [4.69, 9.17) is 0 Å². The van der Waals surface area contributed by atoms with Gasteiger partial charge in [-0.1, -0.05) is 13.0 Å². The largest absolute Gasteiger partial charge is 0.354 e. The number of carbonyl (C=O) groups is 1. The summed E-state index contributed by atoms with van der Waals surface area (Å²) in [5.41, 5.74) is 1.91. The van der Waals surface area contributed by atoms with Crippen LogP contribution in [0.1, 0.15) is 18.2 Å². The first kappa shape index (κ1) is 12.6. The zero-order chi connectivity index (χ0) is 11.8. The molecule has 4 nitrogen and oxygen atoms in total. The molecule has 0 fully saturated rings. The monoisotopic (exact) mass is 221 g/mol. The van der Waals surface area contributed by atoms with Gasteiger partial charge in [-0.05, 0) is 25.1 Å². The molecule has 16 heavy (non-hydrogen) atoms. The fourth-order valence-electron chi connectivity index (χ4n) is 1.39. The summed E-state index contributed by atoms with van der Waals surface area (Å²) < 4.78 is 0. The van der Waals surface area contributed by atoms with Crippen LogP contribution in [-0.2, 0) is 11.2 Å². The molecule has 1 rings (SSSR count). The molecule has 0 radical (unpaired) electrons. The molecule has 0 aliphatic rings. The normalized spacial score (nSPS) is 10.1. The van der Waals surface area contributed by atoms with E-state index in [0.29, 0.717) is 13.0 Å². The van der Waals surface area contributed by atoms with Crippen molar-refractivity contribution in [1.29, 1.82) is 0 Å². The highest BCUT2D eigenvalue weighted by atomic mass is 16.1. The van der Waals surface area contributed by atoms with Gasteiger partial charge in [-0.15, -0.1) is 0 Å². The van der Waals surface area contributed by atoms with E-state index in [9.17, 15) is 4.79 Å². The minimum Gasteiger partial charge on any atom is -0.354 e. The van der Waals surface area contributed by atoms with Crippen molar-refractivity contribution >= 4 is 5.91 Å². The van der Waals surface area contributed by atoms with Gasteiger partial charge in [-0.2, -0.15) is 0 Å². The van der Waals surface area contributed by atoms with Crippen molar-refractivity contribution in [2.24, 2.45) is 0 Å². The van der Waals surface area contributed by atoms with Crippen molar-refractivity contribution in [2.75, 3.05) is 19.6 Å². The van der Waals surface area contributed by atoms with Crippen LogP contribution < -0.4 is 10.6 Å². The predicted molar refractivity (Wildman–Crippen MR) is 64.2 cm³/mol. The maximum absolute atomic E-state index is 11.5. The highest BCUT2D eigenvalue weighted by molar-refractivity contribution is 5.78. The fourth-order valence-corrected chi connectivity index (χ4v) is 1.39. The van der Waals surface area contributed by atoms with E-state index < -0.39 is 0 Å². The zero-order valence-corrected chi connectivity index (χ0v) is 9.92. The number of carbonyl (C=O) groups excluding carboxylic acids is 1. The van der Waals surface area contributed by atoms with Crippen molar-refractivity contribution < 1.29 is 4.79 Å². The topological polar surface area (TPSA) is 54.0 Å². The molecule has 0 unspecified atom stereocenters. The number of hydrogen-bond acceptors (Lipinski definition) is 3. The Hall–Kier alpha value is -1.42. The summed E-state index contributed by atoms with van der Waals surface area (Å²) >= 11 is 0. The van der Waals surface area contributed by atoms with E-state index in [0.717, 1.165) is 24.3 Å². The molecule has 0 spiro atoms. The smallest absolute Gasteiger partial charge is 0.226 e. The van der Waals surface area contributed by atoms with Crippen LogP contribution >= 0.6 is 0 Å². The highest BCUT2D eigenvalue weighted by Crippen LogP contribution is 2.03. The van der Waals surface area contributed by atoms with Crippen LogP contribution in [0.15, 0.2) is 18.3 Å². The van der Waals surface area contributed by atoms with Crippen molar-refractivity contribution in [3.05, 3.63) is 29.6 Å². The molecule has 0 bridgehead atoms. The summed E-state index contributed by atoms with van der Waals surface area (Å²) in [4.78, 5) is 15.7. The fraction of sp³-hybridized carbons (Fsp3) is 0.500. The molecule has 0 aliphatic carbocycles. The number of amides is 1. The Labute approximate surface area is 96.5 Å². The molecule has 1 aromatic rings. The predicted octanol–water partition coefficient (Wildman–Crippen LogP) is 0.658. The molecular weight excluding hydrogens is 202 g/mol. The van der Waals surface area contributed by atoms with E-state index in [1.807, 2.05) is 26.0 Å². The standard InChI is InChI=1S/C12H19N3O/c1-3-13-7-8-15-12(16)9-11-10(2)5-4-6-14-11/h4-6,13H,3,7-9H2,1-2H3,(H,15,16). The number of likely N-dealkylation sites (N-methyl/N-ethyl adjacent to an activating group) is 1. The number of rotatable bonds is 6. The van der Waals surface area contributed by atoms with Gasteiger partial charge in [0, 0.05) is 19.3 Å². The van der Waals surface area contributed by atoms with Gasteiger partial charge in [0.2, 0.25) is 5.91 Å². The zero-order valence-electron chi connectivity index (χ0n) is 9.92. The first-order valence-electron chi connectivity index (χ1n) is 5.62. The number of pyridine rings is 1. The van der Waals surface area contributed by atoms with E-state index in [-0.39, 0.29) is 5.91 Å². The lowest BCUT2D eigenvalue weighted by Gasteiger charge is -2.06. The number of aryl methyl sites for hydroxylation is 1. The second-order valence-corrected chi connectivity index (χ2v) is 3.65. The molecule has 0 aromatic carbocycles. The number of hydrogen-bond donors (Lipinski definition) is 2. The Morgan fingerprint density at radius 2 is 2.25 bits per heavy atom. The van der Waals surface area contributed by atoms with Crippen LogP contribution in [-0.4, -0.2) is 30.5 Å². The number of nitrogens with one attached hydrogen (secondary N) is 2. The number of nitrogens with zero attached hydrogens (tertiary/aromatic N) is 1. The van der Waals surface area contributed by atoms with E-state index in [1.165, 1.54) is 0 Å². The lowest BCUT2D eigenvalue weighted by molar-refractivity contribution is -0.120. The maximum Gasteiger partial charge on any atom is 0.226 e. The summed E-state index contributed by atoms with van der Waals surface area (Å²) in [5.74, 6) is 0.0275. The first-order chi connectivity index (χ1) is 7.74. The van der Waals surface area contributed by atoms with Gasteiger partial charge in [-0.25, -0.2) is 0 Å². The highest BCUT2D eigenvalue weighted by Gasteiger charge is 2.05. The van der Waals surface area contributed by atoms with Crippen molar-refractivity contribution in [2.45, 2.75) is 20.3 Å². The Bertz CT molecular complexity index is 339. The lowest BCUT2D eigenvalue weighted by atomic mass is 10.1. The summed E-state index contributed by atoms with van der Waals surface area (Å²) in [7, 11) is 0. The minimum absolute atomic E-state index is 0.0275. The second kappa shape index (κ2) is 6.95. The molecule has 1 aromatic heterocycles. The molecule has 1 amide bonds. The van der Waals surface area contributed by atoms with Crippen LogP contribution in [0.5, 0.6) is 0 Å². The average molecular weight is 221 g/mol. The maximum atomic E-state index is 11.5. The van der Waals surface area contributed by atoms with Crippen LogP contribution in [0, 0.1) is 6.92 Å². The quantitative estimate of drug-likeness (QED) is 0.694. The third-order valence-corrected chi connectivity index (χ3v) is 2.32. The van der Waals surface area contributed by atoms with E-state index >= 15 is 0 Å². The van der Waals surface area contributed by atoms with Gasteiger partial charge in [0.25, 0.3) is 0 Å². The van der Waals surface area contributed by atoms with Crippen molar-refractivity contribution in [1.82, 2.24) is 15.6 Å². The average Bonchev–Trinajstić information content (AvgIpc) is 2.28. The summed E-state index contributed by atoms with van der Waals surface area (Å²) in [6.07, 6.45) is 2.08. The van der Waals surface area contributed by atoms with Gasteiger partial charge in [0.1, 0.15) is 0 Å². The van der Waals surface area contributed by atoms with E-state index in [1.54, 1.807) is 6.20 Å². The Morgan fingerprint density at radius 3 is 2.94 bits per heavy atom. The van der Waals surface area contributed by atoms with Gasteiger partial charge in [-0.3, -0.25) is 9.78 Å². The Kier molecular flexibility index (Phi) is 5.50. The number of aromatic nitrogens is 1. The van der Waals surface area contributed by atoms with Crippen molar-refractivity contribution in [3.63, 3.8) is 0 Å². The van der Waals surface area contributed by atoms with Gasteiger partial charge >= 0.3 is 0 Å². The molecule has 88 valence electrons. The third-order valence-electron chi connectivity index (χ3n) is 2.32. The molecule has 0 aliphatic heterocycles. The van der Waals surface area contributed by atoms with Gasteiger partial charge in [0.15, 0.2) is 0 Å². The second-order valence-electron chi connectivity index (χ2n) is 3.65. The Morgan fingerprint density at radius 1 is 1.44 bits per heavy atom. The van der Waals surface area contributed by atoms with Crippen molar-refractivity contribution in [3.8, 4) is 0 Å². The van der Waals surface area contributed by atoms with Crippen LogP contribution in [0.3, 0.4) is 0 Å². The third kappa shape index (κ3) is 4.40. The van der Waals surface area contributed by atoms with Crippen LogP contribution in [0.4, 0.5) is 0 Å². The summed E-state index contributed by atoms with van der Waals surface area (Å²) in [6.45, 7) is 6.41. The minimum atomic E-state index is 0.0275. The first-order valence-corrected chi connectivity index (χ1v) is 5.62. The van der Waals surface area contributed by atoms with Crippen LogP contribution in [0.25, 0.3) is 0 Å². The lowest BCUT2D eigenvalue weighted by Crippen LogP contribution is -2.32.